The zero-order valence-electron chi connectivity index (χ0n) is 7.13. The minimum Gasteiger partial charge on any atom is -0.464 e. The SMILES string of the molecule is COCOc1c(C)cccc1F. The fourth-order valence-electron chi connectivity index (χ4n) is 0.917. The highest BCUT2D eigenvalue weighted by Crippen LogP contribution is 2.21. The molecule has 0 atom stereocenters. The summed E-state index contributed by atoms with van der Waals surface area (Å²) in [7, 11) is 1.50. The van der Waals surface area contributed by atoms with Gasteiger partial charge in [0.2, 0.25) is 0 Å². The van der Waals surface area contributed by atoms with Crippen LogP contribution in [0.15, 0.2) is 18.2 Å². The summed E-state index contributed by atoms with van der Waals surface area (Å²) in [5.41, 5.74) is 0.770. The topological polar surface area (TPSA) is 18.5 Å². The first-order chi connectivity index (χ1) is 5.75. The second kappa shape index (κ2) is 4.07. The number of rotatable bonds is 3. The van der Waals surface area contributed by atoms with Crippen molar-refractivity contribution in [1.82, 2.24) is 0 Å². The second-order valence-electron chi connectivity index (χ2n) is 2.44. The van der Waals surface area contributed by atoms with Crippen LogP contribution in [0, 0.1) is 12.7 Å². The highest BCUT2D eigenvalue weighted by atomic mass is 19.1. The van der Waals surface area contributed by atoms with E-state index in [0.717, 1.165) is 5.56 Å². The average molecular weight is 170 g/mol. The minimum atomic E-state index is -0.355. The maximum Gasteiger partial charge on any atom is 0.188 e. The molecule has 2 nitrogen and oxygen atoms in total. The molecule has 0 aromatic heterocycles. The molecule has 1 aromatic rings. The van der Waals surface area contributed by atoms with E-state index in [1.54, 1.807) is 19.1 Å². The summed E-state index contributed by atoms with van der Waals surface area (Å²) >= 11 is 0. The normalized spacial score (nSPS) is 9.92. The lowest BCUT2D eigenvalue weighted by atomic mass is 10.2. The number of hydrogen-bond acceptors (Lipinski definition) is 2. The monoisotopic (exact) mass is 170 g/mol. The quantitative estimate of drug-likeness (QED) is 0.647. The van der Waals surface area contributed by atoms with Gasteiger partial charge in [0.1, 0.15) is 0 Å². The molecule has 66 valence electrons. The van der Waals surface area contributed by atoms with Gasteiger partial charge in [-0.25, -0.2) is 4.39 Å². The van der Waals surface area contributed by atoms with Gasteiger partial charge >= 0.3 is 0 Å². The maximum absolute atomic E-state index is 13.0. The molecule has 1 aromatic carbocycles. The third-order valence-corrected chi connectivity index (χ3v) is 1.48. The van der Waals surface area contributed by atoms with Gasteiger partial charge in [0.05, 0.1) is 0 Å². The Balaban J connectivity index is 2.81. The molecule has 0 saturated heterocycles. The van der Waals surface area contributed by atoms with Crippen LogP contribution in [0.25, 0.3) is 0 Å². The summed E-state index contributed by atoms with van der Waals surface area (Å²) in [6.07, 6.45) is 0. The van der Waals surface area contributed by atoms with Crippen LogP contribution < -0.4 is 4.74 Å². The Hall–Kier alpha value is -1.09. The molecule has 0 spiro atoms. The minimum absolute atomic E-state index is 0.0712. The molecule has 0 aliphatic heterocycles. The molecule has 0 fully saturated rings. The van der Waals surface area contributed by atoms with Crippen molar-refractivity contribution in [3.63, 3.8) is 0 Å². The smallest absolute Gasteiger partial charge is 0.188 e. The van der Waals surface area contributed by atoms with Gasteiger partial charge in [-0.2, -0.15) is 0 Å². The van der Waals surface area contributed by atoms with Crippen LogP contribution in [0.3, 0.4) is 0 Å². The van der Waals surface area contributed by atoms with Gasteiger partial charge in [0, 0.05) is 7.11 Å². The largest absolute Gasteiger partial charge is 0.464 e. The predicted octanol–water partition coefficient (Wildman–Crippen LogP) is 2.12. The predicted molar refractivity (Wildman–Crippen MR) is 43.6 cm³/mol. The summed E-state index contributed by atoms with van der Waals surface area (Å²) in [5, 5.41) is 0. The van der Waals surface area contributed by atoms with Crippen LogP contribution in [0.2, 0.25) is 0 Å². The average Bonchev–Trinajstić information content (AvgIpc) is 2.04. The molecule has 1 rings (SSSR count). The lowest BCUT2D eigenvalue weighted by molar-refractivity contribution is 0.0477. The van der Waals surface area contributed by atoms with E-state index < -0.39 is 0 Å². The van der Waals surface area contributed by atoms with E-state index in [2.05, 4.69) is 4.74 Å². The third kappa shape index (κ3) is 1.95. The molecule has 0 radical (unpaired) electrons. The van der Waals surface area contributed by atoms with Gasteiger partial charge in [-0.15, -0.1) is 0 Å². The Morgan fingerprint density at radius 3 is 2.75 bits per heavy atom. The summed E-state index contributed by atoms with van der Waals surface area (Å²) in [6, 6.07) is 4.79. The van der Waals surface area contributed by atoms with Gasteiger partial charge in [-0.05, 0) is 18.6 Å². The molecule has 3 heteroatoms. The summed E-state index contributed by atoms with van der Waals surface area (Å²) in [5.74, 6) is -0.0913. The van der Waals surface area contributed by atoms with E-state index in [4.69, 9.17) is 4.74 Å². The van der Waals surface area contributed by atoms with Crippen molar-refractivity contribution < 1.29 is 13.9 Å². The number of para-hydroxylation sites is 1. The number of halogens is 1. The molecule has 0 heterocycles. The van der Waals surface area contributed by atoms with Crippen LogP contribution in [0.5, 0.6) is 5.75 Å². The Morgan fingerprint density at radius 1 is 1.42 bits per heavy atom. The van der Waals surface area contributed by atoms with Crippen LogP contribution in [-0.4, -0.2) is 13.9 Å². The van der Waals surface area contributed by atoms with Crippen molar-refractivity contribution in [3.8, 4) is 5.75 Å². The number of hydrogen-bond donors (Lipinski definition) is 0. The molecular weight excluding hydrogens is 159 g/mol. The zero-order valence-corrected chi connectivity index (χ0v) is 7.13. The van der Waals surface area contributed by atoms with E-state index in [1.807, 2.05) is 0 Å². The van der Waals surface area contributed by atoms with E-state index in [-0.39, 0.29) is 18.4 Å². The first-order valence-corrected chi connectivity index (χ1v) is 3.62. The summed E-state index contributed by atoms with van der Waals surface area (Å²) < 4.78 is 22.7. The van der Waals surface area contributed by atoms with E-state index in [1.165, 1.54) is 13.2 Å². The van der Waals surface area contributed by atoms with Gasteiger partial charge in [-0.1, -0.05) is 12.1 Å². The molecule has 12 heavy (non-hydrogen) atoms. The van der Waals surface area contributed by atoms with E-state index >= 15 is 0 Å². The van der Waals surface area contributed by atoms with Crippen molar-refractivity contribution >= 4 is 0 Å². The maximum atomic E-state index is 13.0. The molecule has 0 aliphatic carbocycles. The number of methoxy groups -OCH3 is 1. The fraction of sp³-hybridized carbons (Fsp3) is 0.333. The van der Waals surface area contributed by atoms with Crippen molar-refractivity contribution in [2.75, 3.05) is 13.9 Å². The van der Waals surface area contributed by atoms with Crippen LogP contribution >= 0.6 is 0 Å². The van der Waals surface area contributed by atoms with Gasteiger partial charge in [-0.3, -0.25) is 0 Å². The van der Waals surface area contributed by atoms with Crippen molar-refractivity contribution in [3.05, 3.63) is 29.6 Å². The molecule has 0 N–H and O–H groups in total. The standard InChI is InChI=1S/C9H11FO2/c1-7-4-3-5-8(10)9(7)12-6-11-2/h3-5H,6H2,1-2H3. The lowest BCUT2D eigenvalue weighted by Gasteiger charge is -2.07. The van der Waals surface area contributed by atoms with Crippen molar-refractivity contribution in [2.24, 2.45) is 0 Å². The molecule has 0 amide bonds. The first-order valence-electron chi connectivity index (χ1n) is 3.62. The van der Waals surface area contributed by atoms with E-state index in [9.17, 15) is 4.39 Å². The zero-order chi connectivity index (χ0) is 8.97. The van der Waals surface area contributed by atoms with Crippen molar-refractivity contribution in [2.45, 2.75) is 6.92 Å². The highest BCUT2D eigenvalue weighted by molar-refractivity contribution is 5.33. The number of ether oxygens (including phenoxy) is 2. The lowest BCUT2D eigenvalue weighted by Crippen LogP contribution is -2.02. The van der Waals surface area contributed by atoms with E-state index in [0.29, 0.717) is 0 Å². The fourth-order valence-corrected chi connectivity index (χ4v) is 0.917. The first kappa shape index (κ1) is 9.00. The van der Waals surface area contributed by atoms with Gasteiger partial charge in [0.15, 0.2) is 18.4 Å². The molecule has 0 saturated carbocycles. The number of aryl methyl sites for hydroxylation is 1. The molecule has 0 unspecified atom stereocenters. The molecule has 0 bridgehead atoms. The number of benzene rings is 1. The Kier molecular flexibility index (Phi) is 3.05. The molecular formula is C9H11FO2. The van der Waals surface area contributed by atoms with Gasteiger partial charge in [0.25, 0.3) is 0 Å². The Morgan fingerprint density at radius 2 is 2.17 bits per heavy atom. The molecule has 0 aliphatic rings. The van der Waals surface area contributed by atoms with Crippen LogP contribution in [0.1, 0.15) is 5.56 Å². The second-order valence-corrected chi connectivity index (χ2v) is 2.44. The van der Waals surface area contributed by atoms with Crippen molar-refractivity contribution in [1.29, 1.82) is 0 Å². The van der Waals surface area contributed by atoms with Crippen LogP contribution in [-0.2, 0) is 4.74 Å². The Bertz CT molecular complexity index is 240. The summed E-state index contributed by atoms with van der Waals surface area (Å²) in [6.45, 7) is 1.86. The third-order valence-electron chi connectivity index (χ3n) is 1.48. The summed E-state index contributed by atoms with van der Waals surface area (Å²) in [4.78, 5) is 0. The van der Waals surface area contributed by atoms with Gasteiger partial charge < -0.3 is 9.47 Å². The highest BCUT2D eigenvalue weighted by Gasteiger charge is 2.04. The Labute approximate surface area is 70.9 Å². The van der Waals surface area contributed by atoms with Crippen LogP contribution in [0.4, 0.5) is 4.39 Å².